The summed E-state index contributed by atoms with van der Waals surface area (Å²) in [6.07, 6.45) is 0. The molecule has 0 amide bonds. The lowest BCUT2D eigenvalue weighted by Gasteiger charge is -2.10. The Bertz CT molecular complexity index is 394. The van der Waals surface area contributed by atoms with E-state index in [2.05, 4.69) is 43.8 Å². The third kappa shape index (κ3) is 3.81. The molecule has 0 aliphatic heterocycles. The monoisotopic (exact) mass is 349 g/mol. The lowest BCUT2D eigenvalue weighted by atomic mass is 10.2. The molecule has 0 saturated carbocycles. The van der Waals surface area contributed by atoms with Gasteiger partial charge in [0.25, 0.3) is 0 Å². The average Bonchev–Trinajstić information content (AvgIpc) is 2.22. The van der Waals surface area contributed by atoms with E-state index in [0.717, 1.165) is 14.5 Å². The first kappa shape index (κ1) is 13.5. The van der Waals surface area contributed by atoms with Crippen molar-refractivity contribution >= 4 is 31.9 Å². The minimum Gasteiger partial charge on any atom is -0.504 e. The van der Waals surface area contributed by atoms with Crippen LogP contribution in [0.4, 0.5) is 0 Å². The Labute approximate surface area is 112 Å². The van der Waals surface area contributed by atoms with Crippen LogP contribution in [0.15, 0.2) is 27.7 Å². The van der Waals surface area contributed by atoms with E-state index in [9.17, 15) is 5.11 Å². The molecule has 0 aromatic heterocycles. The van der Waals surface area contributed by atoms with Crippen molar-refractivity contribution in [2.24, 2.45) is 0 Å². The van der Waals surface area contributed by atoms with Crippen LogP contribution in [-0.4, -0.2) is 18.8 Å². The van der Waals surface area contributed by atoms with Crippen LogP contribution < -0.4 is 10.1 Å². The highest BCUT2D eigenvalue weighted by atomic mass is 79.9. The van der Waals surface area contributed by atoms with Gasteiger partial charge in [-0.15, -0.1) is 0 Å². The van der Waals surface area contributed by atoms with Crippen molar-refractivity contribution in [3.63, 3.8) is 0 Å². The van der Waals surface area contributed by atoms with Gasteiger partial charge in [-0.05, 0) is 12.1 Å². The number of nitrogens with one attached hydrogen (secondary N) is 1. The first-order valence-corrected chi connectivity index (χ1v) is 6.22. The lowest BCUT2D eigenvalue weighted by Crippen LogP contribution is -2.14. The van der Waals surface area contributed by atoms with Gasteiger partial charge >= 0.3 is 0 Å². The zero-order valence-electron chi connectivity index (χ0n) is 8.89. The van der Waals surface area contributed by atoms with Crippen LogP contribution in [0.25, 0.3) is 0 Å². The van der Waals surface area contributed by atoms with Crippen molar-refractivity contribution < 1.29 is 9.84 Å². The molecule has 88 valence electrons. The van der Waals surface area contributed by atoms with Crippen molar-refractivity contribution in [1.82, 2.24) is 5.32 Å². The molecule has 1 aromatic rings. The van der Waals surface area contributed by atoms with E-state index in [0.29, 0.717) is 18.8 Å². The minimum absolute atomic E-state index is 0.165. The molecular formula is C11H13Br2NO2. The van der Waals surface area contributed by atoms with Gasteiger partial charge in [-0.3, -0.25) is 0 Å². The second-order valence-electron chi connectivity index (χ2n) is 3.24. The van der Waals surface area contributed by atoms with Gasteiger partial charge in [0.2, 0.25) is 0 Å². The predicted molar refractivity (Wildman–Crippen MR) is 72.1 cm³/mol. The molecule has 1 aromatic carbocycles. The highest BCUT2D eigenvalue weighted by Gasteiger charge is 2.09. The van der Waals surface area contributed by atoms with E-state index in [1.54, 1.807) is 6.07 Å². The van der Waals surface area contributed by atoms with Crippen molar-refractivity contribution in [3.8, 4) is 11.5 Å². The Morgan fingerprint density at radius 3 is 2.81 bits per heavy atom. The molecule has 16 heavy (non-hydrogen) atoms. The summed E-state index contributed by atoms with van der Waals surface area (Å²) in [6, 6.07) is 3.57. The number of methoxy groups -OCH3 is 1. The molecule has 0 saturated heterocycles. The number of hydrogen-bond donors (Lipinski definition) is 2. The smallest absolute Gasteiger partial charge is 0.162 e. The number of benzene rings is 1. The summed E-state index contributed by atoms with van der Waals surface area (Å²) in [4.78, 5) is 0. The van der Waals surface area contributed by atoms with Crippen LogP contribution in [0, 0.1) is 0 Å². The normalized spacial score (nSPS) is 10.2. The van der Waals surface area contributed by atoms with Gasteiger partial charge in [0.1, 0.15) is 0 Å². The predicted octanol–water partition coefficient (Wildman–Crippen LogP) is 3.16. The highest BCUT2D eigenvalue weighted by Crippen LogP contribution is 2.33. The molecule has 0 fully saturated rings. The van der Waals surface area contributed by atoms with Crippen LogP contribution >= 0.6 is 31.9 Å². The topological polar surface area (TPSA) is 41.5 Å². The van der Waals surface area contributed by atoms with Crippen LogP contribution in [-0.2, 0) is 6.54 Å². The van der Waals surface area contributed by atoms with Gasteiger partial charge in [0.05, 0.1) is 7.11 Å². The number of aromatic hydroxyl groups is 1. The summed E-state index contributed by atoms with van der Waals surface area (Å²) in [5, 5.41) is 13.0. The van der Waals surface area contributed by atoms with Gasteiger partial charge in [-0.2, -0.15) is 0 Å². The molecule has 1 rings (SSSR count). The number of hydrogen-bond acceptors (Lipinski definition) is 3. The number of halogens is 2. The van der Waals surface area contributed by atoms with E-state index in [-0.39, 0.29) is 5.75 Å². The molecule has 0 heterocycles. The van der Waals surface area contributed by atoms with E-state index in [4.69, 9.17) is 4.74 Å². The lowest BCUT2D eigenvalue weighted by molar-refractivity contribution is 0.369. The Morgan fingerprint density at radius 2 is 2.25 bits per heavy atom. The molecule has 0 unspecified atom stereocenters. The molecule has 0 atom stereocenters. The third-order valence-corrected chi connectivity index (χ3v) is 2.71. The zero-order chi connectivity index (χ0) is 12.1. The molecule has 3 nitrogen and oxygen atoms in total. The molecule has 2 N–H and O–H groups in total. The van der Waals surface area contributed by atoms with Crippen molar-refractivity contribution in [3.05, 3.63) is 33.2 Å². The number of rotatable bonds is 5. The van der Waals surface area contributed by atoms with Crippen molar-refractivity contribution in [1.29, 1.82) is 0 Å². The maximum absolute atomic E-state index is 9.86. The van der Waals surface area contributed by atoms with Crippen LogP contribution in [0.2, 0.25) is 0 Å². The first-order chi connectivity index (χ1) is 7.54. The largest absolute Gasteiger partial charge is 0.504 e. The third-order valence-electron chi connectivity index (χ3n) is 1.97. The molecule has 0 spiro atoms. The summed E-state index contributed by atoms with van der Waals surface area (Å²) in [6.45, 7) is 4.91. The van der Waals surface area contributed by atoms with E-state index < -0.39 is 0 Å². The molecule has 0 aliphatic carbocycles. The summed E-state index contributed by atoms with van der Waals surface area (Å²) < 4.78 is 6.80. The first-order valence-electron chi connectivity index (χ1n) is 4.64. The van der Waals surface area contributed by atoms with Crippen molar-refractivity contribution in [2.75, 3.05) is 13.7 Å². The Balaban J connectivity index is 2.78. The minimum atomic E-state index is 0.165. The van der Waals surface area contributed by atoms with E-state index in [1.165, 1.54) is 7.11 Å². The van der Waals surface area contributed by atoms with E-state index in [1.807, 2.05) is 6.07 Å². The van der Waals surface area contributed by atoms with Gasteiger partial charge in [-0.1, -0.05) is 38.4 Å². The second kappa shape index (κ2) is 6.27. The van der Waals surface area contributed by atoms with Crippen molar-refractivity contribution in [2.45, 2.75) is 6.54 Å². The summed E-state index contributed by atoms with van der Waals surface area (Å²) in [5.41, 5.74) is 0.778. The van der Waals surface area contributed by atoms with Gasteiger partial charge in [0, 0.05) is 27.6 Å². The summed E-state index contributed by atoms with van der Waals surface area (Å²) in [5.74, 6) is 0.627. The Hall–Kier alpha value is -0.520. The molecular weight excluding hydrogens is 338 g/mol. The summed E-state index contributed by atoms with van der Waals surface area (Å²) in [7, 11) is 1.53. The Kier molecular flexibility index (Phi) is 5.31. The summed E-state index contributed by atoms with van der Waals surface area (Å²) >= 11 is 6.62. The number of ether oxygens (including phenoxy) is 1. The van der Waals surface area contributed by atoms with Crippen LogP contribution in [0.3, 0.4) is 0 Å². The molecule has 5 heteroatoms. The zero-order valence-corrected chi connectivity index (χ0v) is 12.1. The standard InChI is InChI=1S/C11H13Br2NO2/c1-7(12)5-14-6-8-3-9(13)4-10(16-2)11(8)15/h3-4,14-15H,1,5-6H2,2H3. The maximum Gasteiger partial charge on any atom is 0.162 e. The van der Waals surface area contributed by atoms with Gasteiger partial charge < -0.3 is 15.2 Å². The SMILES string of the molecule is C=C(Br)CNCc1cc(Br)cc(OC)c1O. The highest BCUT2D eigenvalue weighted by molar-refractivity contribution is 9.11. The molecule has 0 bridgehead atoms. The number of phenols is 1. The maximum atomic E-state index is 9.86. The van der Waals surface area contributed by atoms with Gasteiger partial charge in [-0.25, -0.2) is 0 Å². The quantitative estimate of drug-likeness (QED) is 0.857. The van der Waals surface area contributed by atoms with E-state index >= 15 is 0 Å². The van der Waals surface area contributed by atoms with Gasteiger partial charge in [0.15, 0.2) is 11.5 Å². The fourth-order valence-corrected chi connectivity index (χ4v) is 1.93. The average molecular weight is 351 g/mol. The Morgan fingerprint density at radius 1 is 1.56 bits per heavy atom. The fraction of sp³-hybridized carbons (Fsp3) is 0.273. The van der Waals surface area contributed by atoms with Crippen LogP contribution in [0.1, 0.15) is 5.56 Å². The molecule has 0 aliphatic rings. The fourth-order valence-electron chi connectivity index (χ4n) is 1.25. The molecule has 0 radical (unpaired) electrons. The number of phenolic OH excluding ortho intramolecular Hbond substituents is 1. The van der Waals surface area contributed by atoms with Crippen LogP contribution in [0.5, 0.6) is 11.5 Å². The second-order valence-corrected chi connectivity index (χ2v) is 5.27.